The van der Waals surface area contributed by atoms with E-state index < -0.39 is 34.8 Å². The molecule has 0 aliphatic heterocycles. The minimum Gasteiger partial charge on any atom is -0.480 e. The van der Waals surface area contributed by atoms with E-state index in [0.717, 1.165) is 15.7 Å². The van der Waals surface area contributed by atoms with E-state index in [2.05, 4.69) is 0 Å². The van der Waals surface area contributed by atoms with Crippen molar-refractivity contribution in [1.82, 2.24) is 9.13 Å². The van der Waals surface area contributed by atoms with Crippen molar-refractivity contribution >= 4 is 17.5 Å². The Hall–Kier alpha value is -3.46. The van der Waals surface area contributed by atoms with E-state index in [1.54, 1.807) is 13.8 Å². The molecule has 0 spiro atoms. The van der Waals surface area contributed by atoms with Gasteiger partial charge in [-0.3, -0.25) is 9.36 Å². The number of carboxylic acid groups (broad SMARTS) is 1. The van der Waals surface area contributed by atoms with Crippen LogP contribution in [0.1, 0.15) is 70.0 Å². The second-order valence-electron chi connectivity index (χ2n) is 9.80. The fourth-order valence-corrected chi connectivity index (χ4v) is 4.43. The van der Waals surface area contributed by atoms with Crippen LogP contribution < -0.4 is 11.2 Å². The van der Waals surface area contributed by atoms with Gasteiger partial charge in [0.15, 0.2) is 0 Å². The number of carbonyl (C=O) groups is 2. The molecular weight excluding hydrogens is 464 g/mol. The van der Waals surface area contributed by atoms with Gasteiger partial charge in [-0.15, -0.1) is 0 Å². The summed E-state index contributed by atoms with van der Waals surface area (Å²) in [7, 11) is 0. The van der Waals surface area contributed by atoms with E-state index in [9.17, 15) is 24.3 Å². The van der Waals surface area contributed by atoms with Gasteiger partial charge in [0.2, 0.25) is 0 Å². The van der Waals surface area contributed by atoms with E-state index in [0.29, 0.717) is 11.3 Å². The van der Waals surface area contributed by atoms with Gasteiger partial charge in [0.1, 0.15) is 11.6 Å². The van der Waals surface area contributed by atoms with Crippen molar-refractivity contribution in [2.75, 3.05) is 6.61 Å². The van der Waals surface area contributed by atoms with E-state index in [4.69, 9.17) is 9.47 Å². The van der Waals surface area contributed by atoms with Crippen LogP contribution in [0.2, 0.25) is 0 Å². The zero-order chi connectivity index (χ0) is 26.9. The lowest BCUT2D eigenvalue weighted by Gasteiger charge is -2.27. The van der Waals surface area contributed by atoms with Gasteiger partial charge in [-0.2, -0.15) is 0 Å². The third kappa shape index (κ3) is 4.93. The Bertz CT molecular complexity index is 1330. The Balaban J connectivity index is 2.29. The van der Waals surface area contributed by atoms with Crippen LogP contribution in [0.25, 0.3) is 5.57 Å². The molecule has 9 nitrogen and oxygen atoms in total. The molecule has 3 rings (SSSR count). The maximum atomic E-state index is 13.8. The number of carbonyl (C=O) groups excluding carboxylic acids is 1. The second-order valence-corrected chi connectivity index (χ2v) is 9.80. The zero-order valence-electron chi connectivity index (χ0n) is 21.9. The standard InChI is InChI=1S/C27H34N2O7/c1-8-35-24(31)19-13-20-22(17(19)5)23(30)29(27(6,7)25(32)33)26(34)28(20)14-21(36-15(2)3)18-11-9-16(4)10-12-18/h9-12,15,21H,8,13-14H2,1-7H3,(H,32,33)/t21-/m1/s1. The van der Waals surface area contributed by atoms with Crippen LogP contribution in [0, 0.1) is 6.92 Å². The minimum atomic E-state index is -1.82. The number of esters is 1. The minimum absolute atomic E-state index is 0.0289. The molecule has 1 aliphatic carbocycles. The van der Waals surface area contributed by atoms with Crippen LogP contribution in [-0.4, -0.2) is 38.9 Å². The molecule has 0 unspecified atom stereocenters. The summed E-state index contributed by atoms with van der Waals surface area (Å²) in [6, 6.07) is 7.72. The molecule has 9 heteroatoms. The number of allylic oxidation sites excluding steroid dienone is 1. The lowest BCUT2D eigenvalue weighted by Crippen LogP contribution is -2.54. The number of aromatic nitrogens is 2. The third-order valence-corrected chi connectivity index (χ3v) is 6.46. The molecular formula is C27H34N2O7. The van der Waals surface area contributed by atoms with Gasteiger partial charge in [0.25, 0.3) is 5.56 Å². The normalized spacial score (nSPS) is 14.2. The van der Waals surface area contributed by atoms with Gasteiger partial charge in [0.05, 0.1) is 24.8 Å². The molecule has 0 radical (unpaired) electrons. The first-order valence-corrected chi connectivity index (χ1v) is 12.0. The van der Waals surface area contributed by atoms with Crippen LogP contribution in [0.3, 0.4) is 0 Å². The van der Waals surface area contributed by atoms with Crippen LogP contribution in [-0.2, 0) is 37.6 Å². The number of aryl methyl sites for hydroxylation is 1. The molecule has 1 atom stereocenters. The first-order valence-electron chi connectivity index (χ1n) is 12.0. The number of nitrogens with zero attached hydrogens (tertiary/aromatic N) is 2. The highest BCUT2D eigenvalue weighted by atomic mass is 16.5. The Labute approximate surface area is 210 Å². The fourth-order valence-electron chi connectivity index (χ4n) is 4.43. The monoisotopic (exact) mass is 498 g/mol. The number of aliphatic carboxylic acids is 1. The van der Waals surface area contributed by atoms with Gasteiger partial charge in [0, 0.05) is 17.7 Å². The molecule has 36 heavy (non-hydrogen) atoms. The maximum absolute atomic E-state index is 13.8. The number of fused-ring (bicyclic) bond motifs is 1. The number of hydrogen-bond acceptors (Lipinski definition) is 6. The number of carboxylic acids is 1. The molecule has 0 fully saturated rings. The number of hydrogen-bond donors (Lipinski definition) is 1. The van der Waals surface area contributed by atoms with Gasteiger partial charge < -0.3 is 14.6 Å². The molecule has 1 N–H and O–H groups in total. The van der Waals surface area contributed by atoms with Crippen LogP contribution in [0.4, 0.5) is 0 Å². The third-order valence-electron chi connectivity index (χ3n) is 6.46. The molecule has 2 aromatic rings. The molecule has 0 bridgehead atoms. The van der Waals surface area contributed by atoms with E-state index >= 15 is 0 Å². The summed E-state index contributed by atoms with van der Waals surface area (Å²) in [6.07, 6.45) is -0.698. The van der Waals surface area contributed by atoms with E-state index in [1.165, 1.54) is 18.4 Å². The molecule has 0 amide bonds. The highest BCUT2D eigenvalue weighted by Crippen LogP contribution is 2.32. The first kappa shape index (κ1) is 27.1. The maximum Gasteiger partial charge on any atom is 0.334 e. The topological polar surface area (TPSA) is 117 Å². The molecule has 194 valence electrons. The average molecular weight is 499 g/mol. The highest BCUT2D eigenvalue weighted by Gasteiger charge is 2.39. The van der Waals surface area contributed by atoms with Crippen LogP contribution in [0.15, 0.2) is 39.4 Å². The van der Waals surface area contributed by atoms with E-state index in [-0.39, 0.29) is 36.8 Å². The Morgan fingerprint density at radius 3 is 2.25 bits per heavy atom. The summed E-state index contributed by atoms with van der Waals surface area (Å²) in [5, 5.41) is 9.85. The van der Waals surface area contributed by atoms with Gasteiger partial charge >= 0.3 is 17.6 Å². The zero-order valence-corrected chi connectivity index (χ0v) is 21.9. The number of ether oxygens (including phenoxy) is 2. The summed E-state index contributed by atoms with van der Waals surface area (Å²) in [6.45, 7) is 11.8. The second kappa shape index (κ2) is 10.3. The summed E-state index contributed by atoms with van der Waals surface area (Å²) in [4.78, 5) is 52.1. The van der Waals surface area contributed by atoms with Crippen molar-refractivity contribution in [3.05, 3.63) is 73.1 Å². The molecule has 1 aromatic heterocycles. The SMILES string of the molecule is CCOC(=O)C1=C(C)c2c(n(C[C@@H](OC(C)C)c3ccc(C)cc3)c(=O)n(C(C)(C)C(=O)O)c2=O)C1. The molecule has 1 heterocycles. The van der Waals surface area contributed by atoms with Crippen molar-refractivity contribution < 1.29 is 24.2 Å². The number of benzene rings is 1. The van der Waals surface area contributed by atoms with Crippen LogP contribution in [0.5, 0.6) is 0 Å². The van der Waals surface area contributed by atoms with Crippen molar-refractivity contribution in [1.29, 1.82) is 0 Å². The summed E-state index contributed by atoms with van der Waals surface area (Å²) in [5.74, 6) is -1.89. The quantitative estimate of drug-likeness (QED) is 0.528. The van der Waals surface area contributed by atoms with Crippen molar-refractivity contribution in [2.45, 2.75) is 79.2 Å². The lowest BCUT2D eigenvalue weighted by atomic mass is 10.0. The van der Waals surface area contributed by atoms with Gasteiger partial charge in [-0.25, -0.2) is 19.0 Å². The average Bonchev–Trinajstić information content (AvgIpc) is 3.13. The van der Waals surface area contributed by atoms with Gasteiger partial charge in [-0.05, 0) is 59.6 Å². The van der Waals surface area contributed by atoms with Gasteiger partial charge in [-0.1, -0.05) is 29.8 Å². The Kier molecular flexibility index (Phi) is 7.73. The first-order chi connectivity index (χ1) is 16.8. The summed E-state index contributed by atoms with van der Waals surface area (Å²) in [5.41, 5.74) is -0.272. The molecule has 0 saturated heterocycles. The molecule has 1 aromatic carbocycles. The predicted molar refractivity (Wildman–Crippen MR) is 135 cm³/mol. The van der Waals surface area contributed by atoms with E-state index in [1.807, 2.05) is 45.0 Å². The smallest absolute Gasteiger partial charge is 0.334 e. The molecule has 1 aliphatic rings. The van der Waals surface area contributed by atoms with Crippen LogP contribution >= 0.6 is 0 Å². The highest BCUT2D eigenvalue weighted by molar-refractivity contribution is 6.00. The Morgan fingerprint density at radius 1 is 1.11 bits per heavy atom. The summed E-state index contributed by atoms with van der Waals surface area (Å²) >= 11 is 0. The van der Waals surface area contributed by atoms with Crippen molar-refractivity contribution in [3.63, 3.8) is 0 Å². The lowest BCUT2D eigenvalue weighted by molar-refractivity contribution is -0.146. The van der Waals surface area contributed by atoms with Crippen molar-refractivity contribution in [2.24, 2.45) is 0 Å². The van der Waals surface area contributed by atoms with Crippen molar-refractivity contribution in [3.8, 4) is 0 Å². The fraction of sp³-hybridized carbons (Fsp3) is 0.481. The summed E-state index contributed by atoms with van der Waals surface area (Å²) < 4.78 is 13.5. The predicted octanol–water partition coefficient (Wildman–Crippen LogP) is 3.20. The largest absolute Gasteiger partial charge is 0.480 e. The Morgan fingerprint density at radius 2 is 1.72 bits per heavy atom. The number of rotatable bonds is 9. The molecule has 0 saturated carbocycles.